The van der Waals surface area contributed by atoms with Crippen LogP contribution in [0.1, 0.15) is 32.6 Å². The molecule has 7 heteroatoms. The topological polar surface area (TPSA) is 60.1 Å². The van der Waals surface area contributed by atoms with Crippen molar-refractivity contribution in [3.63, 3.8) is 0 Å². The Bertz CT molecular complexity index is 1170. The molecule has 6 nitrogen and oxygen atoms in total. The molecule has 2 aliphatic rings. The van der Waals surface area contributed by atoms with Gasteiger partial charge in [-0.15, -0.1) is 11.3 Å². The summed E-state index contributed by atoms with van der Waals surface area (Å²) in [7, 11) is 0. The minimum absolute atomic E-state index is 0.216. The zero-order valence-corrected chi connectivity index (χ0v) is 17.5. The van der Waals surface area contributed by atoms with Gasteiger partial charge in [-0.2, -0.15) is 5.10 Å². The number of aromatic nitrogens is 3. The molecule has 3 aromatic rings. The Morgan fingerprint density at radius 2 is 1.76 bits per heavy atom. The number of aryl methyl sites for hydroxylation is 2. The van der Waals surface area contributed by atoms with Crippen molar-refractivity contribution in [2.24, 2.45) is 5.92 Å². The van der Waals surface area contributed by atoms with Gasteiger partial charge < -0.3 is 0 Å². The van der Waals surface area contributed by atoms with Gasteiger partial charge in [0, 0.05) is 47.8 Å². The fourth-order valence-corrected chi connectivity index (χ4v) is 5.50. The molecule has 0 radical (unpaired) electrons. The summed E-state index contributed by atoms with van der Waals surface area (Å²) in [5, 5.41) is 4.66. The highest BCUT2D eigenvalue weighted by molar-refractivity contribution is 7.11. The SMILES string of the molecule is Cc1ccc(Cn2nc3n(c(=O)c2=O)C[C@@H]2CN(Cc4ccc(C)s4)C[C@H]32)cc1. The van der Waals surface area contributed by atoms with Crippen molar-refractivity contribution in [3.05, 3.63) is 83.8 Å². The van der Waals surface area contributed by atoms with Crippen LogP contribution in [0.2, 0.25) is 0 Å². The predicted octanol–water partition coefficient (Wildman–Crippen LogP) is 2.36. The predicted molar refractivity (Wildman–Crippen MR) is 114 cm³/mol. The molecule has 0 N–H and O–H groups in total. The number of benzene rings is 1. The molecule has 1 saturated heterocycles. The monoisotopic (exact) mass is 408 g/mol. The minimum atomic E-state index is -0.528. The minimum Gasteiger partial charge on any atom is -0.297 e. The average Bonchev–Trinajstić information content (AvgIpc) is 3.37. The molecule has 4 heterocycles. The van der Waals surface area contributed by atoms with Gasteiger partial charge in [-0.25, -0.2) is 4.68 Å². The van der Waals surface area contributed by atoms with Crippen molar-refractivity contribution in [1.29, 1.82) is 0 Å². The molecule has 0 aliphatic carbocycles. The molecule has 2 atom stereocenters. The van der Waals surface area contributed by atoms with Crippen LogP contribution in [-0.2, 0) is 19.6 Å². The molecular formula is C22H24N4O2S. The lowest BCUT2D eigenvalue weighted by Crippen LogP contribution is -2.44. The van der Waals surface area contributed by atoms with E-state index in [1.807, 2.05) is 42.5 Å². The summed E-state index contributed by atoms with van der Waals surface area (Å²) in [4.78, 5) is 30.4. The molecule has 2 aliphatic heterocycles. The lowest BCUT2D eigenvalue weighted by atomic mass is 10.00. The Balaban J connectivity index is 1.41. The lowest BCUT2D eigenvalue weighted by Gasteiger charge is -2.17. The molecule has 0 saturated carbocycles. The van der Waals surface area contributed by atoms with E-state index in [0.717, 1.165) is 36.6 Å². The molecule has 150 valence electrons. The van der Waals surface area contributed by atoms with Gasteiger partial charge in [0.2, 0.25) is 0 Å². The smallest absolute Gasteiger partial charge is 0.297 e. The maximum atomic E-state index is 12.7. The number of likely N-dealkylation sites (tertiary alicyclic amines) is 1. The van der Waals surface area contributed by atoms with Crippen molar-refractivity contribution >= 4 is 11.3 Å². The molecule has 0 amide bonds. The first kappa shape index (κ1) is 18.5. The van der Waals surface area contributed by atoms with E-state index in [1.165, 1.54) is 14.4 Å². The van der Waals surface area contributed by atoms with E-state index in [2.05, 4.69) is 29.1 Å². The number of fused-ring (bicyclic) bond motifs is 3. The standard InChI is InChI=1S/C22H24N4O2S/c1-14-3-6-16(7-4-14)9-26-22(28)21(27)25-11-17-10-24(13-19(17)20(25)23-26)12-18-8-5-15(2)29-18/h3-8,17,19H,9-13H2,1-2H3/t17-,19-/m0/s1. The molecule has 2 aromatic heterocycles. The van der Waals surface area contributed by atoms with Crippen molar-refractivity contribution in [3.8, 4) is 0 Å². The number of rotatable bonds is 4. The summed E-state index contributed by atoms with van der Waals surface area (Å²) >= 11 is 1.84. The van der Waals surface area contributed by atoms with Crippen LogP contribution in [0, 0.1) is 19.8 Å². The fraction of sp³-hybridized carbons (Fsp3) is 0.409. The Kier molecular flexibility index (Phi) is 4.52. The average molecular weight is 409 g/mol. The quantitative estimate of drug-likeness (QED) is 0.622. The highest BCUT2D eigenvalue weighted by Crippen LogP contribution is 2.38. The van der Waals surface area contributed by atoms with Crippen LogP contribution in [0.3, 0.4) is 0 Å². The Morgan fingerprint density at radius 1 is 0.966 bits per heavy atom. The maximum absolute atomic E-state index is 12.7. The summed E-state index contributed by atoms with van der Waals surface area (Å²) in [6.07, 6.45) is 0. The van der Waals surface area contributed by atoms with Crippen LogP contribution in [-0.4, -0.2) is 32.3 Å². The van der Waals surface area contributed by atoms with Crippen LogP contribution < -0.4 is 11.1 Å². The number of nitrogens with zero attached hydrogens (tertiary/aromatic N) is 4. The van der Waals surface area contributed by atoms with Crippen molar-refractivity contribution in [2.75, 3.05) is 13.1 Å². The van der Waals surface area contributed by atoms with Crippen molar-refractivity contribution in [2.45, 2.75) is 39.4 Å². The fourth-order valence-electron chi connectivity index (χ4n) is 4.57. The van der Waals surface area contributed by atoms with Gasteiger partial charge in [-0.1, -0.05) is 29.8 Å². The molecule has 0 spiro atoms. The van der Waals surface area contributed by atoms with Crippen molar-refractivity contribution in [1.82, 2.24) is 19.2 Å². The highest BCUT2D eigenvalue weighted by Gasteiger charge is 2.42. The zero-order valence-electron chi connectivity index (χ0n) is 16.7. The Labute approximate surface area is 173 Å². The number of thiophene rings is 1. The molecule has 1 fully saturated rings. The third kappa shape index (κ3) is 3.38. The van der Waals surface area contributed by atoms with Crippen LogP contribution in [0.25, 0.3) is 0 Å². The Morgan fingerprint density at radius 3 is 2.48 bits per heavy atom. The van der Waals surface area contributed by atoms with Gasteiger partial charge in [0.1, 0.15) is 5.82 Å². The third-order valence-corrected chi connectivity index (χ3v) is 7.04. The van der Waals surface area contributed by atoms with Gasteiger partial charge in [-0.05, 0) is 31.5 Å². The van der Waals surface area contributed by atoms with Crippen LogP contribution >= 0.6 is 11.3 Å². The van der Waals surface area contributed by atoms with E-state index >= 15 is 0 Å². The molecule has 1 aromatic carbocycles. The molecular weight excluding hydrogens is 384 g/mol. The van der Waals surface area contributed by atoms with Crippen LogP contribution in [0.15, 0.2) is 46.0 Å². The summed E-state index contributed by atoms with van der Waals surface area (Å²) in [5.41, 5.74) is 1.18. The van der Waals surface area contributed by atoms with Gasteiger partial charge in [0.25, 0.3) is 0 Å². The second-order valence-electron chi connectivity index (χ2n) is 8.30. The first-order valence-corrected chi connectivity index (χ1v) is 10.8. The second-order valence-corrected chi connectivity index (χ2v) is 9.67. The van der Waals surface area contributed by atoms with Crippen LogP contribution in [0.5, 0.6) is 0 Å². The van der Waals surface area contributed by atoms with E-state index in [4.69, 9.17) is 0 Å². The molecule has 0 bridgehead atoms. The Hall–Kier alpha value is -2.51. The van der Waals surface area contributed by atoms with Gasteiger partial charge >= 0.3 is 11.1 Å². The highest BCUT2D eigenvalue weighted by atomic mass is 32.1. The first-order chi connectivity index (χ1) is 14.0. The number of hydrogen-bond donors (Lipinski definition) is 0. The second kappa shape index (κ2) is 7.07. The first-order valence-electron chi connectivity index (χ1n) is 10.0. The van der Waals surface area contributed by atoms with Gasteiger partial charge in [0.15, 0.2) is 0 Å². The van der Waals surface area contributed by atoms with Crippen LogP contribution in [0.4, 0.5) is 0 Å². The van der Waals surface area contributed by atoms with E-state index < -0.39 is 11.1 Å². The largest absolute Gasteiger partial charge is 0.332 e. The zero-order chi connectivity index (χ0) is 20.1. The third-order valence-electron chi connectivity index (χ3n) is 6.06. The van der Waals surface area contributed by atoms with Gasteiger partial charge in [-0.3, -0.25) is 19.1 Å². The normalized spacial score (nSPS) is 20.8. The van der Waals surface area contributed by atoms with Gasteiger partial charge in [0.05, 0.1) is 6.54 Å². The van der Waals surface area contributed by atoms with E-state index in [1.54, 1.807) is 4.57 Å². The summed E-state index contributed by atoms with van der Waals surface area (Å²) in [6, 6.07) is 12.4. The van der Waals surface area contributed by atoms with E-state index in [0.29, 0.717) is 19.0 Å². The van der Waals surface area contributed by atoms with E-state index in [-0.39, 0.29) is 5.92 Å². The summed E-state index contributed by atoms with van der Waals surface area (Å²) in [6.45, 7) is 7.86. The summed E-state index contributed by atoms with van der Waals surface area (Å²) in [5.74, 6) is 1.34. The van der Waals surface area contributed by atoms with Crippen molar-refractivity contribution < 1.29 is 0 Å². The molecule has 5 rings (SSSR count). The molecule has 0 unspecified atom stereocenters. The summed E-state index contributed by atoms with van der Waals surface area (Å²) < 4.78 is 2.97. The van der Waals surface area contributed by atoms with E-state index in [9.17, 15) is 9.59 Å². The molecule has 29 heavy (non-hydrogen) atoms. The number of hydrogen-bond acceptors (Lipinski definition) is 5. The lowest BCUT2D eigenvalue weighted by molar-refractivity contribution is 0.306. The maximum Gasteiger partial charge on any atom is 0.332 e.